The van der Waals surface area contributed by atoms with Crippen molar-refractivity contribution in [1.82, 2.24) is 0 Å². The molecule has 0 aromatic heterocycles. The summed E-state index contributed by atoms with van der Waals surface area (Å²) in [5.74, 6) is 0. The van der Waals surface area contributed by atoms with Crippen molar-refractivity contribution in [3.63, 3.8) is 0 Å². The first-order valence-electron chi connectivity index (χ1n) is 10.8. The lowest BCUT2D eigenvalue weighted by molar-refractivity contribution is 0.589. The van der Waals surface area contributed by atoms with Crippen LogP contribution in [0.5, 0.6) is 0 Å². The first kappa shape index (κ1) is 19.6. The molecule has 2 aromatic carbocycles. The minimum absolute atomic E-state index is 0.00354. The van der Waals surface area contributed by atoms with Crippen LogP contribution in [-0.2, 0) is 0 Å². The maximum atomic E-state index is 4.02. The van der Waals surface area contributed by atoms with Crippen LogP contribution >= 0.6 is 15.9 Å². The van der Waals surface area contributed by atoms with Gasteiger partial charge in [-0.1, -0.05) is 55.8 Å². The van der Waals surface area contributed by atoms with Crippen LogP contribution in [0.3, 0.4) is 0 Å². The highest BCUT2D eigenvalue weighted by atomic mass is 79.9. The van der Waals surface area contributed by atoms with Gasteiger partial charge in [0.15, 0.2) is 0 Å². The largest absolute Gasteiger partial charge is 0.334 e. The lowest BCUT2D eigenvalue weighted by Crippen LogP contribution is -2.28. The van der Waals surface area contributed by atoms with Crippen molar-refractivity contribution in [3.05, 3.63) is 86.2 Å². The molecule has 1 heterocycles. The fourth-order valence-corrected chi connectivity index (χ4v) is 6.37. The van der Waals surface area contributed by atoms with Crippen LogP contribution in [0.25, 0.3) is 17.2 Å². The summed E-state index contributed by atoms with van der Waals surface area (Å²) < 4.78 is 1.24. The molecule has 0 radical (unpaired) electrons. The van der Waals surface area contributed by atoms with Crippen molar-refractivity contribution in [3.8, 4) is 0 Å². The van der Waals surface area contributed by atoms with Gasteiger partial charge in [0.25, 0.3) is 0 Å². The molecule has 0 amide bonds. The van der Waals surface area contributed by atoms with E-state index < -0.39 is 0 Å². The molecule has 30 heavy (non-hydrogen) atoms. The molecule has 1 aliphatic heterocycles. The summed E-state index contributed by atoms with van der Waals surface area (Å²) in [5.41, 5.74) is 9.65. The van der Waals surface area contributed by atoms with Crippen LogP contribution in [0.1, 0.15) is 46.6 Å². The van der Waals surface area contributed by atoms with Gasteiger partial charge in [-0.3, -0.25) is 0 Å². The zero-order chi connectivity index (χ0) is 21.2. The van der Waals surface area contributed by atoms with E-state index in [4.69, 9.17) is 0 Å². The number of para-hydroxylation sites is 1. The van der Waals surface area contributed by atoms with Crippen LogP contribution in [0.15, 0.2) is 70.2 Å². The van der Waals surface area contributed by atoms with E-state index in [0.717, 1.165) is 6.42 Å². The fourth-order valence-electron chi connectivity index (χ4n) is 5.53. The van der Waals surface area contributed by atoms with E-state index in [2.05, 4.69) is 116 Å². The number of hydrogen-bond acceptors (Lipinski definition) is 1. The van der Waals surface area contributed by atoms with E-state index in [9.17, 15) is 0 Å². The Kier molecular flexibility index (Phi) is 4.48. The number of anilines is 2. The van der Waals surface area contributed by atoms with Crippen LogP contribution in [0.4, 0.5) is 11.4 Å². The standard InChI is InChI=1S/C28H28BrN/c1-17-15-23-22(26(17)28(4,5)20-11-9-10-12-20)16-24-25(27(23)29)18(2)19(3)30(24)21-13-7-6-8-14-21/h6-11,13-16,19H,12H2,1-5H3. The zero-order valence-electron chi connectivity index (χ0n) is 18.4. The van der Waals surface area contributed by atoms with Gasteiger partial charge in [0.05, 0.1) is 11.7 Å². The number of rotatable bonds is 3. The third-order valence-electron chi connectivity index (χ3n) is 7.21. The predicted octanol–water partition coefficient (Wildman–Crippen LogP) is 6.64. The SMILES string of the molecule is CC1=Cc2c(Br)c3c(cc2=C1C(C)(C)C1=CC=CC1)N(c1ccccc1)C(C)C=3C. The van der Waals surface area contributed by atoms with E-state index in [0.29, 0.717) is 6.04 Å². The summed E-state index contributed by atoms with van der Waals surface area (Å²) in [6, 6.07) is 13.6. The number of nitrogens with zero attached hydrogens (tertiary/aromatic N) is 1. The van der Waals surface area contributed by atoms with Gasteiger partial charge >= 0.3 is 0 Å². The maximum Gasteiger partial charge on any atom is 0.0530 e. The molecule has 0 saturated heterocycles. The van der Waals surface area contributed by atoms with Gasteiger partial charge in [-0.2, -0.15) is 0 Å². The molecule has 3 aliphatic rings. The van der Waals surface area contributed by atoms with Crippen LogP contribution < -0.4 is 15.3 Å². The Bertz CT molecular complexity index is 1270. The summed E-state index contributed by atoms with van der Waals surface area (Å²) in [6.45, 7) is 11.6. The topological polar surface area (TPSA) is 3.24 Å². The summed E-state index contributed by atoms with van der Waals surface area (Å²) in [6.07, 6.45) is 10.2. The molecule has 2 aromatic rings. The van der Waals surface area contributed by atoms with Gasteiger partial charge in [0.1, 0.15) is 0 Å². The number of allylic oxidation sites excluding steroid dienone is 5. The smallest absolute Gasteiger partial charge is 0.0530 e. The average Bonchev–Trinajstić information content (AvgIpc) is 3.42. The second-order valence-corrected chi connectivity index (χ2v) is 10.1. The molecular weight excluding hydrogens is 430 g/mol. The quantitative estimate of drug-likeness (QED) is 0.499. The average molecular weight is 458 g/mol. The van der Waals surface area contributed by atoms with Gasteiger partial charge in [0.2, 0.25) is 0 Å². The molecule has 0 N–H and O–H groups in total. The van der Waals surface area contributed by atoms with E-state index in [1.807, 2.05) is 0 Å². The van der Waals surface area contributed by atoms with Gasteiger partial charge in [-0.15, -0.1) is 0 Å². The summed E-state index contributed by atoms with van der Waals surface area (Å²) in [7, 11) is 0. The molecule has 0 saturated carbocycles. The Labute approximate surface area is 187 Å². The van der Waals surface area contributed by atoms with Crippen molar-refractivity contribution in [1.29, 1.82) is 0 Å². The third kappa shape index (κ3) is 2.66. The Hall–Kier alpha value is -2.32. The van der Waals surface area contributed by atoms with Gasteiger partial charge < -0.3 is 4.90 Å². The minimum atomic E-state index is 0.00354. The van der Waals surface area contributed by atoms with Crippen LogP contribution in [0.2, 0.25) is 0 Å². The van der Waals surface area contributed by atoms with Gasteiger partial charge in [-0.25, -0.2) is 0 Å². The maximum absolute atomic E-state index is 4.02. The summed E-state index contributed by atoms with van der Waals surface area (Å²) in [4.78, 5) is 2.49. The third-order valence-corrected chi connectivity index (χ3v) is 8.03. The molecule has 1 unspecified atom stereocenters. The molecule has 0 spiro atoms. The van der Waals surface area contributed by atoms with E-state index in [1.54, 1.807) is 0 Å². The van der Waals surface area contributed by atoms with Crippen LogP contribution in [-0.4, -0.2) is 6.04 Å². The first-order chi connectivity index (χ1) is 14.3. The van der Waals surface area contributed by atoms with E-state index in [1.165, 1.54) is 54.1 Å². The fraction of sp³-hybridized carbons (Fsp3) is 0.286. The molecule has 1 atom stereocenters. The lowest BCUT2D eigenvalue weighted by atomic mass is 9.74. The molecule has 2 heteroatoms. The van der Waals surface area contributed by atoms with Crippen molar-refractivity contribution < 1.29 is 0 Å². The molecule has 0 bridgehead atoms. The highest BCUT2D eigenvalue weighted by molar-refractivity contribution is 9.10. The minimum Gasteiger partial charge on any atom is -0.334 e. The Balaban J connectivity index is 1.81. The number of fused-ring (bicyclic) bond motifs is 2. The molecule has 0 fully saturated rings. The van der Waals surface area contributed by atoms with Crippen molar-refractivity contribution in [2.75, 3.05) is 4.90 Å². The lowest BCUT2D eigenvalue weighted by Gasteiger charge is -2.30. The van der Waals surface area contributed by atoms with Gasteiger partial charge in [0, 0.05) is 20.8 Å². The Morgan fingerprint density at radius 1 is 1.10 bits per heavy atom. The predicted molar refractivity (Wildman–Crippen MR) is 133 cm³/mol. The highest BCUT2D eigenvalue weighted by Gasteiger charge is 2.35. The number of halogens is 1. The van der Waals surface area contributed by atoms with Crippen molar-refractivity contribution >= 4 is 44.5 Å². The zero-order valence-corrected chi connectivity index (χ0v) is 20.0. The first-order valence-corrected chi connectivity index (χ1v) is 11.6. The second-order valence-electron chi connectivity index (χ2n) is 9.26. The van der Waals surface area contributed by atoms with Crippen LogP contribution in [0, 0.1) is 5.41 Å². The van der Waals surface area contributed by atoms with E-state index >= 15 is 0 Å². The van der Waals surface area contributed by atoms with Crippen molar-refractivity contribution in [2.45, 2.75) is 47.1 Å². The molecule has 1 nitrogen and oxygen atoms in total. The Morgan fingerprint density at radius 3 is 2.50 bits per heavy atom. The normalized spacial score (nSPS) is 19.9. The molecule has 2 aliphatic carbocycles. The van der Waals surface area contributed by atoms with E-state index in [-0.39, 0.29) is 5.41 Å². The number of benzene rings is 2. The molecule has 5 rings (SSSR count). The summed E-state index contributed by atoms with van der Waals surface area (Å²) in [5, 5.41) is 2.73. The highest BCUT2D eigenvalue weighted by Crippen LogP contribution is 2.45. The monoisotopic (exact) mass is 457 g/mol. The number of hydrogen-bond donors (Lipinski definition) is 0. The molecular formula is C28H28BrN. The van der Waals surface area contributed by atoms with Crippen molar-refractivity contribution in [2.24, 2.45) is 5.41 Å². The summed E-state index contributed by atoms with van der Waals surface area (Å²) >= 11 is 4.02. The second kappa shape index (κ2) is 6.85. The van der Waals surface area contributed by atoms with Gasteiger partial charge in [-0.05, 0) is 94.9 Å². The Morgan fingerprint density at radius 2 is 1.83 bits per heavy atom. The molecule has 152 valence electrons.